The fourth-order valence-corrected chi connectivity index (χ4v) is 5.29. The van der Waals surface area contributed by atoms with Crippen molar-refractivity contribution in [3.63, 3.8) is 0 Å². The summed E-state index contributed by atoms with van der Waals surface area (Å²) in [7, 11) is 1.67. The number of aromatic nitrogens is 4. The van der Waals surface area contributed by atoms with Gasteiger partial charge in [-0.25, -0.2) is 9.50 Å². The van der Waals surface area contributed by atoms with E-state index in [0.717, 1.165) is 55.7 Å². The number of aliphatic hydroxyl groups is 1. The van der Waals surface area contributed by atoms with Crippen molar-refractivity contribution < 1.29 is 9.84 Å². The summed E-state index contributed by atoms with van der Waals surface area (Å²) in [5.41, 5.74) is 6.11. The molecule has 1 aliphatic heterocycles. The molecular weight excluding hydrogens is 414 g/mol. The number of pyridine rings is 1. The summed E-state index contributed by atoms with van der Waals surface area (Å²) in [6, 6.07) is 8.92. The van der Waals surface area contributed by atoms with Gasteiger partial charge in [0.2, 0.25) is 0 Å². The first-order valence-corrected chi connectivity index (χ1v) is 11.8. The summed E-state index contributed by atoms with van der Waals surface area (Å²) in [6.45, 7) is 8.78. The van der Waals surface area contributed by atoms with Gasteiger partial charge in [-0.15, -0.1) is 0 Å². The first-order valence-electron chi connectivity index (χ1n) is 11.8. The molecule has 0 spiro atoms. The molecule has 7 heteroatoms. The summed E-state index contributed by atoms with van der Waals surface area (Å²) in [5, 5.41) is 15.8. The zero-order valence-electron chi connectivity index (χ0n) is 19.9. The summed E-state index contributed by atoms with van der Waals surface area (Å²) in [6.07, 6.45) is 6.74. The maximum atomic E-state index is 10.1. The molecule has 1 aromatic carbocycles. The number of fused-ring (bicyclic) bond motifs is 2. The van der Waals surface area contributed by atoms with Crippen LogP contribution in [-0.2, 0) is 6.42 Å². The number of rotatable bonds is 6. The number of likely N-dealkylation sites (tertiary alicyclic amines) is 1. The number of H-pyrrole nitrogens is 1. The monoisotopic (exact) mass is 447 g/mol. The second-order valence-corrected chi connectivity index (χ2v) is 9.83. The lowest BCUT2D eigenvalue weighted by atomic mass is 9.88. The molecule has 0 bridgehead atoms. The van der Waals surface area contributed by atoms with Gasteiger partial charge in [-0.3, -0.25) is 0 Å². The number of nitrogens with one attached hydrogen (secondary N) is 1. The lowest BCUT2D eigenvalue weighted by molar-refractivity contribution is 0.0282. The van der Waals surface area contributed by atoms with Crippen LogP contribution in [0.2, 0.25) is 0 Å². The number of benzene rings is 1. The number of aryl methyl sites for hydroxylation is 1. The van der Waals surface area contributed by atoms with Crippen molar-refractivity contribution in [3.05, 3.63) is 47.9 Å². The minimum Gasteiger partial charge on any atom is -0.493 e. The van der Waals surface area contributed by atoms with Gasteiger partial charge in [-0.2, -0.15) is 5.10 Å². The second-order valence-electron chi connectivity index (χ2n) is 9.83. The van der Waals surface area contributed by atoms with Crippen molar-refractivity contribution in [2.24, 2.45) is 0 Å². The topological polar surface area (TPSA) is 78.7 Å². The molecule has 4 heterocycles. The highest BCUT2D eigenvalue weighted by atomic mass is 16.5. The molecule has 7 nitrogen and oxygen atoms in total. The third kappa shape index (κ3) is 4.23. The van der Waals surface area contributed by atoms with Crippen molar-refractivity contribution >= 4 is 16.6 Å². The molecule has 0 aliphatic carbocycles. The van der Waals surface area contributed by atoms with Gasteiger partial charge >= 0.3 is 0 Å². The lowest BCUT2D eigenvalue weighted by Crippen LogP contribution is -2.42. The molecule has 0 amide bonds. The summed E-state index contributed by atoms with van der Waals surface area (Å²) < 4.78 is 7.35. The van der Waals surface area contributed by atoms with E-state index in [1.165, 1.54) is 16.5 Å². The Hall–Kier alpha value is -2.90. The Morgan fingerprint density at radius 3 is 2.70 bits per heavy atom. The highest BCUT2D eigenvalue weighted by molar-refractivity contribution is 5.91. The molecule has 1 saturated heterocycles. The van der Waals surface area contributed by atoms with Gasteiger partial charge in [-0.05, 0) is 81.4 Å². The van der Waals surface area contributed by atoms with E-state index in [9.17, 15) is 5.11 Å². The van der Waals surface area contributed by atoms with Crippen molar-refractivity contribution in [2.75, 3.05) is 26.7 Å². The number of β-amino-alcohol motifs (C(OH)–C–C–N with tert-alkyl or cyclic N) is 1. The van der Waals surface area contributed by atoms with Crippen LogP contribution in [0, 0.1) is 0 Å². The number of methoxy groups -OCH3 is 1. The molecule has 5 rings (SSSR count). The fourth-order valence-electron chi connectivity index (χ4n) is 5.29. The zero-order chi connectivity index (χ0) is 23.2. The van der Waals surface area contributed by atoms with Crippen LogP contribution in [0.5, 0.6) is 5.75 Å². The quantitative estimate of drug-likeness (QED) is 0.458. The van der Waals surface area contributed by atoms with Gasteiger partial charge in [-0.1, -0.05) is 13.0 Å². The summed E-state index contributed by atoms with van der Waals surface area (Å²) in [5.74, 6) is 1.27. The molecule has 33 heavy (non-hydrogen) atoms. The molecule has 1 fully saturated rings. The van der Waals surface area contributed by atoms with Gasteiger partial charge in [0.1, 0.15) is 6.33 Å². The largest absolute Gasteiger partial charge is 0.493 e. The molecule has 4 aromatic rings. The minimum absolute atomic E-state index is 0.558. The van der Waals surface area contributed by atoms with Crippen LogP contribution >= 0.6 is 0 Å². The van der Waals surface area contributed by atoms with Crippen molar-refractivity contribution in [1.29, 1.82) is 0 Å². The number of piperidine rings is 1. The fraction of sp³-hybridized carbons (Fsp3) is 0.462. The number of ether oxygens (including phenoxy) is 1. The summed E-state index contributed by atoms with van der Waals surface area (Å²) in [4.78, 5) is 10.3. The predicted octanol–water partition coefficient (Wildman–Crippen LogP) is 4.40. The van der Waals surface area contributed by atoms with Gasteiger partial charge in [0.15, 0.2) is 11.4 Å². The molecule has 0 atom stereocenters. The van der Waals surface area contributed by atoms with Gasteiger partial charge in [0.05, 0.1) is 18.4 Å². The average Bonchev–Trinajstić information content (AvgIpc) is 3.41. The van der Waals surface area contributed by atoms with Crippen LogP contribution in [0.4, 0.5) is 0 Å². The van der Waals surface area contributed by atoms with Gasteiger partial charge < -0.3 is 19.7 Å². The number of hydrogen-bond donors (Lipinski definition) is 2. The first-order chi connectivity index (χ1) is 15.9. The number of hydrogen-bond acceptors (Lipinski definition) is 5. The van der Waals surface area contributed by atoms with Gasteiger partial charge in [0.25, 0.3) is 0 Å². The Balaban J connectivity index is 1.47. The molecule has 0 radical (unpaired) electrons. The van der Waals surface area contributed by atoms with Crippen molar-refractivity contribution in [1.82, 2.24) is 24.5 Å². The third-order valence-electron chi connectivity index (χ3n) is 6.80. The SMILES string of the molecule is CCc1c(-c2cc(OC)c3ncnn3c2)[nH]c2ccc(C3CCN(CC(C)(C)O)CC3)cc12. The van der Waals surface area contributed by atoms with E-state index in [4.69, 9.17) is 4.74 Å². The van der Waals surface area contributed by atoms with E-state index in [2.05, 4.69) is 45.1 Å². The third-order valence-corrected chi connectivity index (χ3v) is 6.80. The Kier molecular flexibility index (Phi) is 5.62. The van der Waals surface area contributed by atoms with Crippen molar-refractivity contribution in [2.45, 2.75) is 51.6 Å². The molecule has 0 unspecified atom stereocenters. The molecule has 174 valence electrons. The molecule has 0 saturated carbocycles. The van der Waals surface area contributed by atoms with E-state index in [1.54, 1.807) is 18.0 Å². The van der Waals surface area contributed by atoms with Crippen LogP contribution in [0.1, 0.15) is 50.7 Å². The second kappa shape index (κ2) is 8.47. The molecule has 2 N–H and O–H groups in total. The lowest BCUT2D eigenvalue weighted by Gasteiger charge is -2.35. The smallest absolute Gasteiger partial charge is 0.197 e. The summed E-state index contributed by atoms with van der Waals surface area (Å²) >= 11 is 0. The molecule has 1 aliphatic rings. The standard InChI is InChI=1S/C26H33N5O2/c1-5-20-21-12-18(17-8-10-30(11-9-17)15-26(2,3)32)6-7-22(21)29-24(20)19-13-23(33-4)25-27-16-28-31(25)14-19/h6-7,12-14,16-17,29,32H,5,8-11,15H2,1-4H3. The number of aromatic amines is 1. The first kappa shape index (κ1) is 21.9. The van der Waals surface area contributed by atoms with E-state index >= 15 is 0 Å². The highest BCUT2D eigenvalue weighted by Gasteiger charge is 2.25. The molecule has 3 aromatic heterocycles. The molecular formula is C26H33N5O2. The van der Waals surface area contributed by atoms with E-state index in [1.807, 2.05) is 26.1 Å². The maximum absolute atomic E-state index is 10.1. The van der Waals surface area contributed by atoms with Crippen molar-refractivity contribution in [3.8, 4) is 17.0 Å². The normalized spacial score (nSPS) is 16.2. The average molecular weight is 448 g/mol. The van der Waals surface area contributed by atoms with Crippen LogP contribution < -0.4 is 4.74 Å². The maximum Gasteiger partial charge on any atom is 0.197 e. The van der Waals surface area contributed by atoms with Crippen LogP contribution in [-0.4, -0.2) is 61.9 Å². The highest BCUT2D eigenvalue weighted by Crippen LogP contribution is 2.36. The Labute approximate surface area is 194 Å². The van der Waals surface area contributed by atoms with Crippen LogP contribution in [0.15, 0.2) is 36.8 Å². The number of nitrogens with zero attached hydrogens (tertiary/aromatic N) is 4. The van der Waals surface area contributed by atoms with Crippen LogP contribution in [0.3, 0.4) is 0 Å². The van der Waals surface area contributed by atoms with Gasteiger partial charge in [0, 0.05) is 29.2 Å². The zero-order valence-corrected chi connectivity index (χ0v) is 19.9. The van der Waals surface area contributed by atoms with E-state index < -0.39 is 5.60 Å². The predicted molar refractivity (Wildman–Crippen MR) is 131 cm³/mol. The van der Waals surface area contributed by atoms with E-state index in [-0.39, 0.29) is 0 Å². The Bertz CT molecular complexity index is 1280. The minimum atomic E-state index is -0.638. The Morgan fingerprint density at radius 2 is 2.00 bits per heavy atom. The Morgan fingerprint density at radius 1 is 1.21 bits per heavy atom. The van der Waals surface area contributed by atoms with Crippen LogP contribution in [0.25, 0.3) is 27.8 Å². The van der Waals surface area contributed by atoms with E-state index in [0.29, 0.717) is 17.3 Å².